The second kappa shape index (κ2) is 8.11. The van der Waals surface area contributed by atoms with E-state index in [-0.39, 0.29) is 5.70 Å². The number of hydrogen-bond donors (Lipinski definition) is 1. The maximum atomic E-state index is 12.4. The van der Waals surface area contributed by atoms with E-state index in [4.69, 9.17) is 4.74 Å². The van der Waals surface area contributed by atoms with Crippen LogP contribution in [0.2, 0.25) is 0 Å². The highest BCUT2D eigenvalue weighted by Crippen LogP contribution is 2.29. The Morgan fingerprint density at radius 3 is 2.59 bits per heavy atom. The Morgan fingerprint density at radius 1 is 1.19 bits per heavy atom. The number of amides is 3. The molecule has 2 saturated heterocycles. The molecule has 0 saturated carbocycles. The standard InChI is InChI=1S/C19H23N3O5/c1-26-16-11-14(21-8-4-3-5-9-21)7-6-13(16)10-15-18(24)22(19(25)20-15)12-17(23)27-2/h6-7,10-11H,3-5,8-9,12H2,1-2H3,(H,20,25)/b15-10+. The highest BCUT2D eigenvalue weighted by atomic mass is 16.5. The van der Waals surface area contributed by atoms with E-state index in [0.29, 0.717) is 11.3 Å². The zero-order valence-corrected chi connectivity index (χ0v) is 15.5. The number of nitrogens with zero attached hydrogens (tertiary/aromatic N) is 2. The van der Waals surface area contributed by atoms with Gasteiger partial charge in [0.2, 0.25) is 0 Å². The van der Waals surface area contributed by atoms with Crippen molar-refractivity contribution in [1.82, 2.24) is 10.2 Å². The van der Waals surface area contributed by atoms with E-state index in [0.717, 1.165) is 23.7 Å². The fourth-order valence-corrected chi connectivity index (χ4v) is 3.23. The van der Waals surface area contributed by atoms with Gasteiger partial charge < -0.3 is 19.7 Å². The number of methoxy groups -OCH3 is 2. The van der Waals surface area contributed by atoms with Gasteiger partial charge in [-0.15, -0.1) is 0 Å². The fraction of sp³-hybridized carbons (Fsp3) is 0.421. The summed E-state index contributed by atoms with van der Waals surface area (Å²) in [6.45, 7) is 1.60. The lowest BCUT2D eigenvalue weighted by atomic mass is 10.1. The quantitative estimate of drug-likeness (QED) is 0.481. The second-order valence-corrected chi connectivity index (χ2v) is 6.43. The van der Waals surface area contributed by atoms with Crippen molar-refractivity contribution in [3.63, 3.8) is 0 Å². The Kier molecular flexibility index (Phi) is 5.63. The molecule has 1 N–H and O–H groups in total. The van der Waals surface area contributed by atoms with Crippen molar-refractivity contribution in [3.8, 4) is 5.75 Å². The minimum atomic E-state index is -0.664. The summed E-state index contributed by atoms with van der Waals surface area (Å²) in [6, 6.07) is 5.12. The van der Waals surface area contributed by atoms with Crippen LogP contribution >= 0.6 is 0 Å². The molecule has 0 unspecified atom stereocenters. The number of rotatable bonds is 5. The van der Waals surface area contributed by atoms with Gasteiger partial charge in [-0.05, 0) is 37.5 Å². The highest BCUT2D eigenvalue weighted by Gasteiger charge is 2.35. The van der Waals surface area contributed by atoms with Crippen molar-refractivity contribution in [3.05, 3.63) is 29.5 Å². The maximum Gasteiger partial charge on any atom is 0.329 e. The SMILES string of the molecule is COC(=O)CN1C(=O)N/C(=C/c2ccc(N3CCCCC3)cc2OC)C1=O. The van der Waals surface area contributed by atoms with E-state index in [1.54, 1.807) is 13.2 Å². The summed E-state index contributed by atoms with van der Waals surface area (Å²) in [6.07, 6.45) is 5.15. The minimum Gasteiger partial charge on any atom is -0.496 e. The number of urea groups is 1. The van der Waals surface area contributed by atoms with E-state index >= 15 is 0 Å². The molecule has 2 fully saturated rings. The molecule has 0 spiro atoms. The molecule has 8 heteroatoms. The predicted octanol–water partition coefficient (Wildman–Crippen LogP) is 1.75. The van der Waals surface area contributed by atoms with Crippen LogP contribution in [-0.4, -0.2) is 56.7 Å². The second-order valence-electron chi connectivity index (χ2n) is 6.43. The van der Waals surface area contributed by atoms with Gasteiger partial charge >= 0.3 is 12.0 Å². The van der Waals surface area contributed by atoms with Gasteiger partial charge in [0.05, 0.1) is 14.2 Å². The van der Waals surface area contributed by atoms with Crippen molar-refractivity contribution < 1.29 is 23.9 Å². The van der Waals surface area contributed by atoms with Gasteiger partial charge in [-0.3, -0.25) is 9.59 Å². The summed E-state index contributed by atoms with van der Waals surface area (Å²) < 4.78 is 9.99. The summed E-state index contributed by atoms with van der Waals surface area (Å²) in [5, 5.41) is 2.49. The molecule has 8 nitrogen and oxygen atoms in total. The summed E-state index contributed by atoms with van der Waals surface area (Å²) >= 11 is 0. The molecule has 1 aromatic carbocycles. The largest absolute Gasteiger partial charge is 0.496 e. The number of nitrogens with one attached hydrogen (secondary N) is 1. The van der Waals surface area contributed by atoms with Crippen LogP contribution in [0.15, 0.2) is 23.9 Å². The van der Waals surface area contributed by atoms with Gasteiger partial charge in [-0.2, -0.15) is 0 Å². The van der Waals surface area contributed by atoms with Gasteiger partial charge in [0, 0.05) is 30.4 Å². The van der Waals surface area contributed by atoms with E-state index in [1.807, 2.05) is 18.2 Å². The van der Waals surface area contributed by atoms with Crippen LogP contribution in [-0.2, 0) is 14.3 Å². The Hall–Kier alpha value is -3.03. The number of carbonyl (C=O) groups excluding carboxylic acids is 3. The molecule has 0 bridgehead atoms. The molecule has 0 atom stereocenters. The van der Waals surface area contributed by atoms with Crippen molar-refractivity contribution in [2.24, 2.45) is 0 Å². The van der Waals surface area contributed by atoms with Gasteiger partial charge in [-0.1, -0.05) is 0 Å². The zero-order chi connectivity index (χ0) is 19.4. The zero-order valence-electron chi connectivity index (χ0n) is 15.5. The molecule has 0 aliphatic carbocycles. The van der Waals surface area contributed by atoms with Crippen molar-refractivity contribution in [1.29, 1.82) is 0 Å². The van der Waals surface area contributed by atoms with Crippen LogP contribution in [0.4, 0.5) is 10.5 Å². The number of imide groups is 1. The van der Waals surface area contributed by atoms with E-state index in [2.05, 4.69) is 15.0 Å². The van der Waals surface area contributed by atoms with Gasteiger partial charge in [0.25, 0.3) is 5.91 Å². The number of anilines is 1. The summed E-state index contributed by atoms with van der Waals surface area (Å²) in [4.78, 5) is 38.9. The molecule has 144 valence electrons. The van der Waals surface area contributed by atoms with Crippen LogP contribution in [0.25, 0.3) is 6.08 Å². The number of esters is 1. The molecule has 1 aromatic rings. The topological polar surface area (TPSA) is 88.2 Å². The summed E-state index contributed by atoms with van der Waals surface area (Å²) in [5.74, 6) is -0.630. The Morgan fingerprint density at radius 2 is 1.93 bits per heavy atom. The maximum absolute atomic E-state index is 12.4. The first-order valence-electron chi connectivity index (χ1n) is 8.88. The monoisotopic (exact) mass is 373 g/mol. The number of hydrogen-bond acceptors (Lipinski definition) is 6. The van der Waals surface area contributed by atoms with Crippen molar-refractivity contribution in [2.75, 3.05) is 38.8 Å². The van der Waals surface area contributed by atoms with Crippen molar-refractivity contribution in [2.45, 2.75) is 19.3 Å². The molecule has 2 aliphatic heterocycles. The smallest absolute Gasteiger partial charge is 0.329 e. The average molecular weight is 373 g/mol. The Balaban J connectivity index is 1.82. The minimum absolute atomic E-state index is 0.0907. The number of ether oxygens (including phenoxy) is 2. The summed E-state index contributed by atoms with van der Waals surface area (Å²) in [7, 11) is 2.77. The summed E-state index contributed by atoms with van der Waals surface area (Å²) in [5.41, 5.74) is 1.83. The van der Waals surface area contributed by atoms with E-state index in [1.165, 1.54) is 26.4 Å². The third-order valence-corrected chi connectivity index (χ3v) is 4.72. The van der Waals surface area contributed by atoms with Gasteiger partial charge in [-0.25, -0.2) is 9.69 Å². The van der Waals surface area contributed by atoms with Crippen LogP contribution in [0.3, 0.4) is 0 Å². The molecule has 2 aliphatic rings. The molecule has 3 rings (SSSR count). The lowest BCUT2D eigenvalue weighted by Crippen LogP contribution is -2.36. The first-order valence-corrected chi connectivity index (χ1v) is 8.88. The first kappa shape index (κ1) is 18.8. The van der Waals surface area contributed by atoms with Crippen LogP contribution in [0.5, 0.6) is 5.75 Å². The molecule has 3 amide bonds. The third kappa shape index (κ3) is 4.05. The van der Waals surface area contributed by atoms with Crippen molar-refractivity contribution >= 4 is 29.7 Å². The number of carbonyl (C=O) groups is 3. The average Bonchev–Trinajstić information content (AvgIpc) is 2.96. The predicted molar refractivity (Wildman–Crippen MR) is 99.3 cm³/mol. The Labute approximate surface area is 157 Å². The molecule has 0 radical (unpaired) electrons. The van der Waals surface area contributed by atoms with Gasteiger partial charge in [0.1, 0.15) is 18.0 Å². The Bertz CT molecular complexity index is 784. The van der Waals surface area contributed by atoms with Crippen LogP contribution < -0.4 is 15.0 Å². The third-order valence-electron chi connectivity index (χ3n) is 4.72. The number of piperidine rings is 1. The van der Waals surface area contributed by atoms with Crippen LogP contribution in [0, 0.1) is 0 Å². The highest BCUT2D eigenvalue weighted by molar-refractivity contribution is 6.15. The molecule has 27 heavy (non-hydrogen) atoms. The molecule has 0 aromatic heterocycles. The van der Waals surface area contributed by atoms with Crippen LogP contribution in [0.1, 0.15) is 24.8 Å². The lowest BCUT2D eigenvalue weighted by molar-refractivity contribution is -0.143. The molecular weight excluding hydrogens is 350 g/mol. The molecular formula is C19H23N3O5. The number of benzene rings is 1. The van der Waals surface area contributed by atoms with E-state index in [9.17, 15) is 14.4 Å². The lowest BCUT2D eigenvalue weighted by Gasteiger charge is -2.29. The van der Waals surface area contributed by atoms with E-state index < -0.39 is 24.5 Å². The normalized spacial score (nSPS) is 18.7. The van der Waals surface area contributed by atoms with Gasteiger partial charge in [0.15, 0.2) is 0 Å². The molecule has 2 heterocycles. The first-order chi connectivity index (χ1) is 13.0. The fourth-order valence-electron chi connectivity index (χ4n) is 3.23.